The molecule has 0 spiro atoms. The summed E-state index contributed by atoms with van der Waals surface area (Å²) in [5.41, 5.74) is 9.14. The fourth-order valence-corrected chi connectivity index (χ4v) is 3.72. The van der Waals surface area contributed by atoms with Crippen LogP contribution in [0.25, 0.3) is 0 Å². The fraction of sp³-hybridized carbons (Fsp3) is 0.409. The summed E-state index contributed by atoms with van der Waals surface area (Å²) in [5.74, 6) is 0.214. The standard InChI is InChI=1S/C22H31NO2Si/c1-22(2,3)18-11-7-16(8-12-18)15-20(21(23)24)17-9-13-19(14-10-17)25-26(4,5)6/h7-14,20H,15H2,1-6H3,(H2,23,24). The molecular formula is C22H31NO2Si. The molecule has 0 aliphatic rings. The quantitative estimate of drug-likeness (QED) is 0.728. The van der Waals surface area contributed by atoms with Crippen LogP contribution in [-0.2, 0) is 16.6 Å². The van der Waals surface area contributed by atoms with Crippen LogP contribution < -0.4 is 10.2 Å². The molecule has 0 saturated carbocycles. The largest absolute Gasteiger partial charge is 0.544 e. The Hall–Kier alpha value is -2.07. The van der Waals surface area contributed by atoms with Gasteiger partial charge in [0, 0.05) is 0 Å². The number of amides is 1. The first-order valence-electron chi connectivity index (χ1n) is 9.13. The molecule has 2 aromatic carbocycles. The van der Waals surface area contributed by atoms with Gasteiger partial charge in [-0.25, -0.2) is 0 Å². The zero-order valence-corrected chi connectivity index (χ0v) is 17.8. The van der Waals surface area contributed by atoms with Crippen LogP contribution in [-0.4, -0.2) is 14.2 Å². The molecular weight excluding hydrogens is 338 g/mol. The Balaban J connectivity index is 2.17. The van der Waals surface area contributed by atoms with Crippen LogP contribution in [0.5, 0.6) is 5.75 Å². The molecule has 140 valence electrons. The van der Waals surface area contributed by atoms with Crippen molar-refractivity contribution in [2.45, 2.75) is 58.2 Å². The zero-order valence-electron chi connectivity index (χ0n) is 16.8. The maximum atomic E-state index is 12.0. The second kappa shape index (κ2) is 7.66. The lowest BCUT2D eigenvalue weighted by Gasteiger charge is -2.21. The first-order chi connectivity index (χ1) is 12.0. The number of rotatable bonds is 6. The molecule has 3 nitrogen and oxygen atoms in total. The number of nitrogens with two attached hydrogens (primary N) is 1. The summed E-state index contributed by atoms with van der Waals surface area (Å²) < 4.78 is 5.98. The van der Waals surface area contributed by atoms with Crippen LogP contribution in [0.15, 0.2) is 48.5 Å². The Kier molecular flexibility index (Phi) is 5.97. The van der Waals surface area contributed by atoms with E-state index in [-0.39, 0.29) is 17.2 Å². The minimum atomic E-state index is -1.64. The van der Waals surface area contributed by atoms with Crippen molar-refractivity contribution >= 4 is 14.2 Å². The molecule has 0 aromatic heterocycles. The third-order valence-electron chi connectivity index (χ3n) is 4.31. The molecule has 4 heteroatoms. The van der Waals surface area contributed by atoms with E-state index in [0.717, 1.165) is 16.9 Å². The molecule has 26 heavy (non-hydrogen) atoms. The minimum Gasteiger partial charge on any atom is -0.544 e. The van der Waals surface area contributed by atoms with E-state index >= 15 is 0 Å². The fourth-order valence-electron chi connectivity index (χ4n) is 2.88. The van der Waals surface area contributed by atoms with E-state index < -0.39 is 8.32 Å². The van der Waals surface area contributed by atoms with Gasteiger partial charge in [0.1, 0.15) is 5.75 Å². The van der Waals surface area contributed by atoms with Crippen molar-refractivity contribution in [2.75, 3.05) is 0 Å². The lowest BCUT2D eigenvalue weighted by Crippen LogP contribution is -2.29. The maximum Gasteiger partial charge on any atom is 0.242 e. The molecule has 2 rings (SSSR count). The van der Waals surface area contributed by atoms with Crippen LogP contribution in [0.4, 0.5) is 0 Å². The number of primary amides is 1. The topological polar surface area (TPSA) is 52.3 Å². The van der Waals surface area contributed by atoms with Gasteiger partial charge in [-0.15, -0.1) is 0 Å². The zero-order chi connectivity index (χ0) is 19.5. The molecule has 0 radical (unpaired) electrons. The summed E-state index contributed by atoms with van der Waals surface area (Å²) in [6.07, 6.45) is 0.605. The smallest absolute Gasteiger partial charge is 0.242 e. The number of carbonyl (C=O) groups excluding carboxylic acids is 1. The van der Waals surface area contributed by atoms with E-state index in [0.29, 0.717) is 6.42 Å². The Morgan fingerprint density at radius 2 is 1.54 bits per heavy atom. The van der Waals surface area contributed by atoms with E-state index in [2.05, 4.69) is 64.7 Å². The molecule has 0 bridgehead atoms. The molecule has 0 aliphatic heterocycles. The van der Waals surface area contributed by atoms with Crippen LogP contribution in [0.1, 0.15) is 43.4 Å². The normalized spacial score (nSPS) is 13.3. The van der Waals surface area contributed by atoms with Gasteiger partial charge in [-0.3, -0.25) is 4.79 Å². The van der Waals surface area contributed by atoms with Crippen molar-refractivity contribution < 1.29 is 9.22 Å². The molecule has 1 amide bonds. The van der Waals surface area contributed by atoms with Gasteiger partial charge in [-0.05, 0) is 60.3 Å². The molecule has 2 aromatic rings. The summed E-state index contributed by atoms with van der Waals surface area (Å²) in [6, 6.07) is 16.2. The third kappa shape index (κ3) is 5.73. The summed E-state index contributed by atoms with van der Waals surface area (Å²) in [4.78, 5) is 12.0. The highest BCUT2D eigenvalue weighted by atomic mass is 28.4. The molecule has 0 fully saturated rings. The summed E-state index contributed by atoms with van der Waals surface area (Å²) in [6.45, 7) is 13.0. The second-order valence-corrected chi connectivity index (χ2v) is 13.3. The van der Waals surface area contributed by atoms with Gasteiger partial charge in [0.05, 0.1) is 5.92 Å². The molecule has 1 unspecified atom stereocenters. The van der Waals surface area contributed by atoms with E-state index in [1.54, 1.807) is 0 Å². The average Bonchev–Trinajstić information content (AvgIpc) is 2.51. The second-order valence-electron chi connectivity index (χ2n) is 8.89. The van der Waals surface area contributed by atoms with Crippen molar-refractivity contribution in [3.8, 4) is 5.75 Å². The predicted octanol–water partition coefficient (Wildman–Crippen LogP) is 5.01. The Labute approximate surface area is 158 Å². The lowest BCUT2D eigenvalue weighted by molar-refractivity contribution is -0.119. The number of benzene rings is 2. The first-order valence-corrected chi connectivity index (χ1v) is 12.5. The Morgan fingerprint density at radius 3 is 1.96 bits per heavy atom. The number of carbonyl (C=O) groups is 1. The highest BCUT2D eigenvalue weighted by molar-refractivity contribution is 6.70. The van der Waals surface area contributed by atoms with Crippen LogP contribution in [0.2, 0.25) is 19.6 Å². The van der Waals surface area contributed by atoms with Crippen LogP contribution in [0, 0.1) is 0 Å². The van der Waals surface area contributed by atoms with Crippen LogP contribution in [0.3, 0.4) is 0 Å². The van der Waals surface area contributed by atoms with Crippen LogP contribution >= 0.6 is 0 Å². The first kappa shape index (κ1) is 20.2. The summed E-state index contributed by atoms with van der Waals surface area (Å²) >= 11 is 0. The van der Waals surface area contributed by atoms with Crippen molar-refractivity contribution in [3.05, 3.63) is 65.2 Å². The highest BCUT2D eigenvalue weighted by Crippen LogP contribution is 2.27. The molecule has 1 atom stereocenters. The van der Waals surface area contributed by atoms with Gasteiger partial charge in [-0.2, -0.15) is 0 Å². The molecule has 0 heterocycles. The van der Waals surface area contributed by atoms with Gasteiger partial charge in [0.2, 0.25) is 14.2 Å². The van der Waals surface area contributed by atoms with Crippen molar-refractivity contribution in [2.24, 2.45) is 5.73 Å². The van der Waals surface area contributed by atoms with E-state index in [1.165, 1.54) is 5.56 Å². The average molecular weight is 370 g/mol. The van der Waals surface area contributed by atoms with Gasteiger partial charge in [0.25, 0.3) is 0 Å². The van der Waals surface area contributed by atoms with Gasteiger partial charge >= 0.3 is 0 Å². The Morgan fingerprint density at radius 1 is 1.00 bits per heavy atom. The number of hydrogen-bond donors (Lipinski definition) is 1. The van der Waals surface area contributed by atoms with Crippen molar-refractivity contribution in [3.63, 3.8) is 0 Å². The van der Waals surface area contributed by atoms with Crippen molar-refractivity contribution in [1.82, 2.24) is 0 Å². The van der Waals surface area contributed by atoms with Gasteiger partial charge < -0.3 is 10.2 Å². The van der Waals surface area contributed by atoms with E-state index in [4.69, 9.17) is 10.2 Å². The SMILES string of the molecule is CC(C)(C)c1ccc(CC(C(N)=O)c2ccc(O[Si](C)(C)C)cc2)cc1. The highest BCUT2D eigenvalue weighted by Gasteiger charge is 2.21. The maximum absolute atomic E-state index is 12.0. The van der Waals surface area contributed by atoms with E-state index in [1.807, 2.05) is 24.3 Å². The monoisotopic (exact) mass is 369 g/mol. The number of hydrogen-bond acceptors (Lipinski definition) is 2. The van der Waals surface area contributed by atoms with E-state index in [9.17, 15) is 4.79 Å². The summed E-state index contributed by atoms with van der Waals surface area (Å²) in [7, 11) is -1.64. The lowest BCUT2D eigenvalue weighted by atomic mass is 9.85. The molecule has 0 saturated heterocycles. The van der Waals surface area contributed by atoms with Gasteiger partial charge in [-0.1, -0.05) is 57.2 Å². The summed E-state index contributed by atoms with van der Waals surface area (Å²) in [5, 5.41) is 0. The third-order valence-corrected chi connectivity index (χ3v) is 5.16. The predicted molar refractivity (Wildman–Crippen MR) is 111 cm³/mol. The minimum absolute atomic E-state index is 0.119. The van der Waals surface area contributed by atoms with Gasteiger partial charge in [0.15, 0.2) is 0 Å². The van der Waals surface area contributed by atoms with Crippen molar-refractivity contribution in [1.29, 1.82) is 0 Å². The Bertz CT molecular complexity index is 738. The molecule has 0 aliphatic carbocycles. The molecule has 2 N–H and O–H groups in total.